The molecule has 1 N–H and O–H groups in total. The summed E-state index contributed by atoms with van der Waals surface area (Å²) in [7, 11) is 1.66. The summed E-state index contributed by atoms with van der Waals surface area (Å²) in [6, 6.07) is 13.2. The predicted octanol–water partition coefficient (Wildman–Crippen LogP) is 4.48. The van der Waals surface area contributed by atoms with E-state index in [1.165, 1.54) is 11.8 Å². The lowest BCUT2D eigenvalue weighted by Crippen LogP contribution is -2.18. The first kappa shape index (κ1) is 16.5. The van der Waals surface area contributed by atoms with Crippen molar-refractivity contribution in [2.24, 2.45) is 0 Å². The molecule has 0 saturated heterocycles. The third kappa shape index (κ3) is 5.43. The molecule has 2 rings (SSSR count). The number of hydrogen-bond acceptors (Lipinski definition) is 3. The van der Waals surface area contributed by atoms with E-state index in [2.05, 4.69) is 21.2 Å². The quantitative estimate of drug-likeness (QED) is 0.727. The number of hydrogen-bond donors (Lipinski definition) is 1. The minimum Gasteiger partial charge on any atom is -0.383 e. The second kappa shape index (κ2) is 8.54. The number of halogens is 2. The number of nitrogens with one attached hydrogen (secondary N) is 1. The molecule has 0 aliphatic heterocycles. The second-order valence-electron chi connectivity index (χ2n) is 4.49. The van der Waals surface area contributed by atoms with Gasteiger partial charge in [0.05, 0.1) is 6.61 Å². The molecule has 0 spiro atoms. The maximum absolute atomic E-state index is 14.1. The standard InChI is InChI=1S/C16H17BrFNOS/c1-20-9-8-19-11-12-2-7-16(15(18)10-12)21-14-5-3-13(17)4-6-14/h2-7,10,19H,8-9,11H2,1H3. The number of benzene rings is 2. The first-order chi connectivity index (χ1) is 10.2. The predicted molar refractivity (Wildman–Crippen MR) is 88.2 cm³/mol. The summed E-state index contributed by atoms with van der Waals surface area (Å²) < 4.78 is 20.1. The van der Waals surface area contributed by atoms with Gasteiger partial charge >= 0.3 is 0 Å². The molecular formula is C16H17BrFNOS. The van der Waals surface area contributed by atoms with Gasteiger partial charge in [-0.25, -0.2) is 4.39 Å². The van der Waals surface area contributed by atoms with Crippen molar-refractivity contribution in [3.8, 4) is 0 Å². The summed E-state index contributed by atoms with van der Waals surface area (Å²) in [6.45, 7) is 2.05. The third-order valence-corrected chi connectivity index (χ3v) is 4.44. The van der Waals surface area contributed by atoms with Crippen LogP contribution in [0.15, 0.2) is 56.7 Å². The molecule has 0 saturated carbocycles. The Morgan fingerprint density at radius 3 is 2.62 bits per heavy atom. The van der Waals surface area contributed by atoms with Crippen LogP contribution in [0.3, 0.4) is 0 Å². The maximum Gasteiger partial charge on any atom is 0.137 e. The van der Waals surface area contributed by atoms with Crippen LogP contribution in [0.25, 0.3) is 0 Å². The highest BCUT2D eigenvalue weighted by Gasteiger charge is 2.06. The average molecular weight is 370 g/mol. The molecule has 0 unspecified atom stereocenters. The van der Waals surface area contributed by atoms with Crippen LogP contribution < -0.4 is 5.32 Å². The van der Waals surface area contributed by atoms with Gasteiger partial charge in [0.25, 0.3) is 0 Å². The Labute approximate surface area is 137 Å². The SMILES string of the molecule is COCCNCc1ccc(Sc2ccc(Br)cc2)c(F)c1. The zero-order valence-corrected chi connectivity index (χ0v) is 14.1. The maximum atomic E-state index is 14.1. The first-order valence-electron chi connectivity index (χ1n) is 6.60. The first-order valence-corrected chi connectivity index (χ1v) is 8.21. The van der Waals surface area contributed by atoms with Crippen LogP contribution in [0.1, 0.15) is 5.56 Å². The summed E-state index contributed by atoms with van der Waals surface area (Å²) in [6.07, 6.45) is 0. The minimum absolute atomic E-state index is 0.186. The minimum atomic E-state index is -0.186. The molecule has 0 aromatic heterocycles. The van der Waals surface area contributed by atoms with Gasteiger partial charge < -0.3 is 10.1 Å². The van der Waals surface area contributed by atoms with Gasteiger partial charge in [0.1, 0.15) is 5.82 Å². The van der Waals surface area contributed by atoms with Crippen molar-refractivity contribution < 1.29 is 9.13 Å². The van der Waals surface area contributed by atoms with Gasteiger partial charge in [-0.05, 0) is 42.0 Å². The van der Waals surface area contributed by atoms with Gasteiger partial charge in [-0.3, -0.25) is 0 Å². The van der Waals surface area contributed by atoms with Crippen molar-refractivity contribution in [3.05, 3.63) is 58.3 Å². The van der Waals surface area contributed by atoms with Crippen molar-refractivity contribution in [1.29, 1.82) is 0 Å². The zero-order chi connectivity index (χ0) is 15.1. The molecule has 0 aliphatic carbocycles. The molecule has 0 bridgehead atoms. The van der Waals surface area contributed by atoms with Gasteiger partial charge in [0, 0.05) is 34.5 Å². The zero-order valence-electron chi connectivity index (χ0n) is 11.7. The van der Waals surface area contributed by atoms with E-state index in [-0.39, 0.29) is 5.82 Å². The Balaban J connectivity index is 1.97. The number of methoxy groups -OCH3 is 1. The monoisotopic (exact) mass is 369 g/mol. The van der Waals surface area contributed by atoms with Crippen LogP contribution in [0.4, 0.5) is 4.39 Å². The van der Waals surface area contributed by atoms with Gasteiger partial charge in [-0.2, -0.15) is 0 Å². The highest BCUT2D eigenvalue weighted by molar-refractivity contribution is 9.10. The Bertz CT molecular complexity index is 577. The highest BCUT2D eigenvalue weighted by Crippen LogP contribution is 2.31. The Kier molecular flexibility index (Phi) is 6.70. The molecule has 0 radical (unpaired) electrons. The number of ether oxygens (including phenoxy) is 1. The summed E-state index contributed by atoms with van der Waals surface area (Å²) in [5, 5.41) is 3.20. The lowest BCUT2D eigenvalue weighted by molar-refractivity contribution is 0.199. The molecule has 112 valence electrons. The lowest BCUT2D eigenvalue weighted by Gasteiger charge is -2.07. The molecule has 2 aromatic rings. The van der Waals surface area contributed by atoms with E-state index in [9.17, 15) is 4.39 Å². The van der Waals surface area contributed by atoms with Gasteiger partial charge in [-0.1, -0.05) is 33.8 Å². The third-order valence-electron chi connectivity index (χ3n) is 2.85. The van der Waals surface area contributed by atoms with E-state index in [1.54, 1.807) is 13.2 Å². The van der Waals surface area contributed by atoms with E-state index in [1.807, 2.05) is 36.4 Å². The highest BCUT2D eigenvalue weighted by atomic mass is 79.9. The number of rotatable bonds is 7. The second-order valence-corrected chi connectivity index (χ2v) is 6.52. The molecule has 0 aliphatic rings. The molecule has 2 aromatic carbocycles. The van der Waals surface area contributed by atoms with Crippen molar-refractivity contribution in [1.82, 2.24) is 5.32 Å². The fourth-order valence-corrected chi connectivity index (χ4v) is 2.86. The summed E-state index contributed by atoms with van der Waals surface area (Å²) >= 11 is 4.82. The summed E-state index contributed by atoms with van der Waals surface area (Å²) in [5.41, 5.74) is 0.934. The molecule has 0 atom stereocenters. The summed E-state index contributed by atoms with van der Waals surface area (Å²) in [5.74, 6) is -0.186. The Morgan fingerprint density at radius 2 is 1.95 bits per heavy atom. The van der Waals surface area contributed by atoms with Gasteiger partial charge in [0.2, 0.25) is 0 Å². The Hall–Kier alpha value is -0.880. The largest absolute Gasteiger partial charge is 0.383 e. The molecule has 5 heteroatoms. The van der Waals surface area contributed by atoms with Crippen molar-refractivity contribution in [3.63, 3.8) is 0 Å². The van der Waals surface area contributed by atoms with Crippen LogP contribution in [0.2, 0.25) is 0 Å². The van der Waals surface area contributed by atoms with Crippen molar-refractivity contribution in [2.75, 3.05) is 20.3 Å². The molecule has 0 amide bonds. The van der Waals surface area contributed by atoms with Crippen LogP contribution in [-0.2, 0) is 11.3 Å². The molecule has 0 heterocycles. The average Bonchev–Trinajstić information content (AvgIpc) is 2.48. The van der Waals surface area contributed by atoms with Crippen molar-refractivity contribution in [2.45, 2.75) is 16.3 Å². The van der Waals surface area contributed by atoms with E-state index in [0.29, 0.717) is 18.0 Å². The van der Waals surface area contributed by atoms with Crippen LogP contribution in [0, 0.1) is 5.82 Å². The topological polar surface area (TPSA) is 21.3 Å². The van der Waals surface area contributed by atoms with Crippen LogP contribution >= 0.6 is 27.7 Å². The van der Waals surface area contributed by atoms with Gasteiger partial charge in [-0.15, -0.1) is 0 Å². The smallest absolute Gasteiger partial charge is 0.137 e. The summed E-state index contributed by atoms with van der Waals surface area (Å²) in [4.78, 5) is 1.65. The molecule has 21 heavy (non-hydrogen) atoms. The van der Waals surface area contributed by atoms with Crippen LogP contribution in [0.5, 0.6) is 0 Å². The lowest BCUT2D eigenvalue weighted by atomic mass is 10.2. The van der Waals surface area contributed by atoms with E-state index in [0.717, 1.165) is 21.5 Å². The van der Waals surface area contributed by atoms with Gasteiger partial charge in [0.15, 0.2) is 0 Å². The fraction of sp³-hybridized carbons (Fsp3) is 0.250. The molecule has 0 fully saturated rings. The fourth-order valence-electron chi connectivity index (χ4n) is 1.77. The normalized spacial score (nSPS) is 10.8. The van der Waals surface area contributed by atoms with Crippen molar-refractivity contribution >= 4 is 27.7 Å². The van der Waals surface area contributed by atoms with E-state index < -0.39 is 0 Å². The molecular weight excluding hydrogens is 353 g/mol. The Morgan fingerprint density at radius 1 is 1.19 bits per heavy atom. The van der Waals surface area contributed by atoms with E-state index in [4.69, 9.17) is 4.74 Å². The van der Waals surface area contributed by atoms with E-state index >= 15 is 0 Å². The van der Waals surface area contributed by atoms with Crippen LogP contribution in [-0.4, -0.2) is 20.3 Å². The molecule has 2 nitrogen and oxygen atoms in total.